The van der Waals surface area contributed by atoms with E-state index in [0.717, 1.165) is 51.4 Å². The smallest absolute Gasteiger partial charge is 0.282 e. The molecule has 1 aliphatic carbocycles. The van der Waals surface area contributed by atoms with Gasteiger partial charge in [0.15, 0.2) is 6.04 Å². The van der Waals surface area contributed by atoms with Crippen molar-refractivity contribution in [1.29, 1.82) is 0 Å². The maximum Gasteiger partial charge on any atom is 0.282 e. The van der Waals surface area contributed by atoms with Crippen LogP contribution in [0, 0.1) is 0 Å². The van der Waals surface area contributed by atoms with Crippen molar-refractivity contribution in [3.63, 3.8) is 0 Å². The van der Waals surface area contributed by atoms with Crippen molar-refractivity contribution in [2.45, 2.75) is 38.8 Å². The number of rotatable bonds is 6. The molecule has 1 aliphatic heterocycles. The van der Waals surface area contributed by atoms with Crippen LogP contribution in [0.3, 0.4) is 0 Å². The second-order valence-corrected chi connectivity index (χ2v) is 8.30. The van der Waals surface area contributed by atoms with E-state index in [1.165, 1.54) is 33.7 Å². The van der Waals surface area contributed by atoms with Crippen molar-refractivity contribution in [2.75, 3.05) is 43.6 Å². The Labute approximate surface area is 173 Å². The van der Waals surface area contributed by atoms with Gasteiger partial charge in [0.25, 0.3) is 5.91 Å². The summed E-state index contributed by atoms with van der Waals surface area (Å²) in [6.07, 6.45) is 3.51. The van der Waals surface area contributed by atoms with E-state index >= 15 is 0 Å². The Morgan fingerprint density at radius 2 is 1.90 bits per heavy atom. The molecule has 2 N–H and O–H groups in total. The number of aryl methyl sites for hydroxylation is 2. The van der Waals surface area contributed by atoms with Crippen LogP contribution < -0.4 is 15.1 Å². The van der Waals surface area contributed by atoms with E-state index in [9.17, 15) is 4.79 Å². The molecule has 154 valence electrons. The summed E-state index contributed by atoms with van der Waals surface area (Å²) in [5.41, 5.74) is 6.28. The lowest BCUT2D eigenvalue weighted by molar-refractivity contribution is -0.907. The monoisotopic (exact) mass is 394 g/mol. The summed E-state index contributed by atoms with van der Waals surface area (Å²) in [6, 6.07) is 14.8. The molecule has 2 aromatic rings. The molecular formula is C24H32N3O2+. The van der Waals surface area contributed by atoms with Crippen molar-refractivity contribution >= 4 is 17.3 Å². The summed E-state index contributed by atoms with van der Waals surface area (Å²) in [6.45, 7) is 6.21. The number of ether oxygens (including phenoxy) is 1. The summed E-state index contributed by atoms with van der Waals surface area (Å²) in [7, 11) is 2.10. The van der Waals surface area contributed by atoms with Gasteiger partial charge in [-0.2, -0.15) is 0 Å². The van der Waals surface area contributed by atoms with Crippen molar-refractivity contribution in [3.8, 4) is 0 Å². The van der Waals surface area contributed by atoms with E-state index in [4.69, 9.17) is 4.74 Å². The van der Waals surface area contributed by atoms with Gasteiger partial charge < -0.3 is 19.9 Å². The molecule has 2 atom stereocenters. The third-order valence-electron chi connectivity index (χ3n) is 6.31. The minimum absolute atomic E-state index is 0.0734. The number of amides is 1. The SMILES string of the molecule is C[C@H](C(=O)Nc1ccc2c(c1)CCC2)[NH+](C)Cc1ccccc1N1CCOCC1. The number of morpholine rings is 1. The van der Waals surface area contributed by atoms with Crippen LogP contribution in [0.2, 0.25) is 0 Å². The average Bonchev–Trinajstić information content (AvgIpc) is 3.22. The summed E-state index contributed by atoms with van der Waals surface area (Å²) in [5, 5.41) is 3.13. The van der Waals surface area contributed by atoms with Gasteiger partial charge in [-0.1, -0.05) is 24.3 Å². The zero-order valence-electron chi connectivity index (χ0n) is 17.5. The Morgan fingerprint density at radius 3 is 2.72 bits per heavy atom. The van der Waals surface area contributed by atoms with Crippen LogP contribution in [-0.4, -0.2) is 45.3 Å². The molecule has 4 rings (SSSR count). The quantitative estimate of drug-likeness (QED) is 0.788. The lowest BCUT2D eigenvalue weighted by Crippen LogP contribution is -3.12. The van der Waals surface area contributed by atoms with Crippen LogP contribution in [0.5, 0.6) is 0 Å². The number of benzene rings is 2. The van der Waals surface area contributed by atoms with Crippen molar-refractivity contribution < 1.29 is 14.4 Å². The number of para-hydroxylation sites is 1. The van der Waals surface area contributed by atoms with Gasteiger partial charge >= 0.3 is 0 Å². The molecule has 0 radical (unpaired) electrons. The van der Waals surface area contributed by atoms with Crippen molar-refractivity contribution in [1.82, 2.24) is 0 Å². The van der Waals surface area contributed by atoms with Crippen LogP contribution in [0.4, 0.5) is 11.4 Å². The largest absolute Gasteiger partial charge is 0.378 e. The van der Waals surface area contributed by atoms with Gasteiger partial charge in [-0.05, 0) is 55.5 Å². The number of nitrogens with zero attached hydrogens (tertiary/aromatic N) is 1. The molecule has 5 nitrogen and oxygen atoms in total. The molecule has 0 bridgehead atoms. The van der Waals surface area contributed by atoms with Gasteiger partial charge in [-0.25, -0.2) is 0 Å². The minimum atomic E-state index is -0.138. The molecule has 1 fully saturated rings. The lowest BCUT2D eigenvalue weighted by atomic mass is 10.1. The number of hydrogen-bond donors (Lipinski definition) is 2. The van der Waals surface area contributed by atoms with Crippen LogP contribution in [0.1, 0.15) is 30.0 Å². The first-order valence-corrected chi connectivity index (χ1v) is 10.8. The number of quaternary nitrogens is 1. The Bertz CT molecular complexity index is 861. The maximum absolute atomic E-state index is 12.9. The van der Waals surface area contributed by atoms with Gasteiger partial charge in [-0.3, -0.25) is 4.79 Å². The molecule has 29 heavy (non-hydrogen) atoms. The summed E-state index contributed by atoms with van der Waals surface area (Å²) >= 11 is 0. The lowest BCUT2D eigenvalue weighted by Gasteiger charge is -2.31. The van der Waals surface area contributed by atoms with E-state index in [1.807, 2.05) is 13.0 Å². The van der Waals surface area contributed by atoms with Gasteiger partial charge in [0, 0.05) is 30.0 Å². The first-order valence-electron chi connectivity index (χ1n) is 10.8. The van der Waals surface area contributed by atoms with Gasteiger partial charge in [-0.15, -0.1) is 0 Å². The highest BCUT2D eigenvalue weighted by molar-refractivity contribution is 5.93. The molecule has 2 aliphatic rings. The molecule has 1 saturated heterocycles. The van der Waals surface area contributed by atoms with E-state index in [0.29, 0.717) is 0 Å². The normalized spacial score (nSPS) is 18.2. The first-order chi connectivity index (χ1) is 14.1. The molecule has 1 unspecified atom stereocenters. The number of nitrogens with one attached hydrogen (secondary N) is 2. The standard InChI is InChI=1S/C24H31N3O2/c1-18(24(28)25-22-11-10-19-7-5-8-20(19)16-22)26(2)17-21-6-3-4-9-23(21)27-12-14-29-15-13-27/h3-4,6,9-11,16,18H,5,7-8,12-15,17H2,1-2H3,(H,25,28)/p+1/t18-/m1/s1. The topological polar surface area (TPSA) is 46.0 Å². The van der Waals surface area contributed by atoms with E-state index in [-0.39, 0.29) is 11.9 Å². The maximum atomic E-state index is 12.9. The van der Waals surface area contributed by atoms with Gasteiger partial charge in [0.05, 0.1) is 20.3 Å². The third-order valence-corrected chi connectivity index (χ3v) is 6.31. The number of fused-ring (bicyclic) bond motifs is 1. The Hall–Kier alpha value is -2.37. The highest BCUT2D eigenvalue weighted by Gasteiger charge is 2.24. The summed E-state index contributed by atoms with van der Waals surface area (Å²) in [5.74, 6) is 0.0734. The highest BCUT2D eigenvalue weighted by Crippen LogP contribution is 2.25. The summed E-state index contributed by atoms with van der Waals surface area (Å²) < 4.78 is 5.50. The molecule has 1 amide bonds. The van der Waals surface area contributed by atoms with Crippen LogP contribution in [0.25, 0.3) is 0 Å². The summed E-state index contributed by atoms with van der Waals surface area (Å²) in [4.78, 5) is 16.4. The molecule has 0 saturated carbocycles. The highest BCUT2D eigenvalue weighted by atomic mass is 16.5. The zero-order valence-corrected chi connectivity index (χ0v) is 17.5. The fraction of sp³-hybridized carbons (Fsp3) is 0.458. The number of hydrogen-bond acceptors (Lipinski definition) is 3. The van der Waals surface area contributed by atoms with E-state index in [1.54, 1.807) is 0 Å². The van der Waals surface area contributed by atoms with Crippen molar-refractivity contribution in [2.24, 2.45) is 0 Å². The van der Waals surface area contributed by atoms with Gasteiger partial charge in [0.1, 0.15) is 6.54 Å². The van der Waals surface area contributed by atoms with E-state index < -0.39 is 0 Å². The van der Waals surface area contributed by atoms with Crippen LogP contribution in [0.15, 0.2) is 42.5 Å². The number of anilines is 2. The molecule has 5 heteroatoms. The Morgan fingerprint density at radius 1 is 1.14 bits per heavy atom. The third kappa shape index (κ3) is 4.62. The second kappa shape index (κ2) is 8.97. The molecular weight excluding hydrogens is 362 g/mol. The second-order valence-electron chi connectivity index (χ2n) is 8.30. The fourth-order valence-corrected chi connectivity index (χ4v) is 4.35. The number of carbonyl (C=O) groups is 1. The van der Waals surface area contributed by atoms with Gasteiger partial charge in [0.2, 0.25) is 0 Å². The predicted octanol–water partition coefficient (Wildman–Crippen LogP) is 2.05. The van der Waals surface area contributed by atoms with Crippen LogP contribution >= 0.6 is 0 Å². The number of carbonyl (C=O) groups excluding carboxylic acids is 1. The Kier molecular flexibility index (Phi) is 6.16. The average molecular weight is 395 g/mol. The Balaban J connectivity index is 1.40. The fourth-order valence-electron chi connectivity index (χ4n) is 4.35. The van der Waals surface area contributed by atoms with Crippen LogP contribution in [-0.2, 0) is 28.9 Å². The molecule has 2 aromatic carbocycles. The molecule has 0 spiro atoms. The minimum Gasteiger partial charge on any atom is -0.378 e. The van der Waals surface area contributed by atoms with Crippen molar-refractivity contribution in [3.05, 3.63) is 59.2 Å². The van der Waals surface area contributed by atoms with E-state index in [2.05, 4.69) is 53.7 Å². The first kappa shape index (κ1) is 19.9. The zero-order chi connectivity index (χ0) is 20.2. The predicted molar refractivity (Wildman–Crippen MR) is 117 cm³/mol. The number of likely N-dealkylation sites (N-methyl/N-ethyl adjacent to an activating group) is 1. The molecule has 0 aromatic heterocycles. The molecule has 1 heterocycles.